The Morgan fingerprint density at radius 1 is 0.889 bits per heavy atom. The van der Waals surface area contributed by atoms with Crippen LogP contribution < -0.4 is 0 Å². The van der Waals surface area contributed by atoms with Crippen molar-refractivity contribution in [2.75, 3.05) is 33.4 Å². The highest BCUT2D eigenvalue weighted by Gasteiger charge is 2.35. The molecule has 0 bridgehead atoms. The van der Waals surface area contributed by atoms with Crippen LogP contribution in [0.1, 0.15) is 33.1 Å². The first-order valence-corrected chi connectivity index (χ1v) is 13.4. The zero-order valence-corrected chi connectivity index (χ0v) is 21.6. The second kappa shape index (κ2) is 10.1. The maximum absolute atomic E-state index is 13.9. The molecule has 0 radical (unpaired) electrons. The van der Waals surface area contributed by atoms with Gasteiger partial charge in [0.2, 0.25) is 0 Å². The summed E-state index contributed by atoms with van der Waals surface area (Å²) < 4.78 is 53.0. The van der Waals surface area contributed by atoms with E-state index in [4.69, 9.17) is 11.6 Å². The number of hydrogen-bond donors (Lipinski definition) is 0. The molecule has 0 N–H and O–H groups in total. The molecule has 1 aliphatic heterocycles. The normalized spacial score (nSPS) is 14.8. The van der Waals surface area contributed by atoms with Gasteiger partial charge in [-0.05, 0) is 58.7 Å². The summed E-state index contributed by atoms with van der Waals surface area (Å²) in [5.41, 5.74) is 2.96. The Kier molecular flexibility index (Phi) is 7.31. The maximum Gasteiger partial charge on any atom is 0.253 e. The van der Waals surface area contributed by atoms with Gasteiger partial charge < -0.3 is 4.90 Å². The molecule has 1 atom stereocenters. The predicted molar refractivity (Wildman–Crippen MR) is 137 cm³/mol. The van der Waals surface area contributed by atoms with Crippen molar-refractivity contribution >= 4 is 32.3 Å². The van der Waals surface area contributed by atoms with E-state index in [1.807, 2.05) is 24.3 Å². The Labute approximate surface area is 214 Å². The molecule has 0 saturated carbocycles. The monoisotopic (exact) mass is 530 g/mol. The van der Waals surface area contributed by atoms with Gasteiger partial charge in [0, 0.05) is 50.1 Å². The molecule has 1 fully saturated rings. The first kappa shape index (κ1) is 26.0. The molecule has 188 valence electrons. The van der Waals surface area contributed by atoms with Gasteiger partial charge in [-0.15, -0.1) is 0 Å². The van der Waals surface area contributed by atoms with Crippen LogP contribution in [0.25, 0.3) is 4.91 Å². The second-order valence-electron chi connectivity index (χ2n) is 9.04. The minimum atomic E-state index is -3.76. The molecule has 1 heterocycles. The molecule has 9 heteroatoms. The number of rotatable bonds is 6. The van der Waals surface area contributed by atoms with E-state index in [1.165, 1.54) is 4.90 Å². The molecule has 3 aromatic carbocycles. The molecule has 0 aromatic heterocycles. The van der Waals surface area contributed by atoms with Crippen molar-refractivity contribution in [2.24, 2.45) is 0 Å². The Morgan fingerprint density at radius 2 is 1.39 bits per heavy atom. The highest BCUT2D eigenvalue weighted by Crippen LogP contribution is 2.38. The standard InChI is InChI=1S/C27H25ClF2N2O3S/c1-31(2)27(33)19-6-4-17(5-7-19)25(18-8-10-22(28)11-9-18)32-15-21(16-32)26(36(3,34)35)20-12-23(29)14-24(30)13-20/h4-14,25H,15-16H2,1-3H3/t25-/m1/s1. The van der Waals surface area contributed by atoms with E-state index in [1.54, 1.807) is 38.4 Å². The summed E-state index contributed by atoms with van der Waals surface area (Å²) in [5, 5.41) is 0.584. The van der Waals surface area contributed by atoms with Gasteiger partial charge in [-0.25, -0.2) is 17.2 Å². The van der Waals surface area contributed by atoms with E-state index in [-0.39, 0.29) is 35.5 Å². The summed E-state index contributed by atoms with van der Waals surface area (Å²) in [6.07, 6.45) is 1.04. The SMILES string of the molecule is CN(C)C(=O)c1ccc([C@H](c2ccc(Cl)cc2)N2CC(=C(c3cc(F)cc(F)c3)S(C)(=O)=O)C2)cc1. The minimum Gasteiger partial charge on any atom is -0.345 e. The summed E-state index contributed by atoms with van der Waals surface area (Å²) in [6, 6.07) is 17.1. The summed E-state index contributed by atoms with van der Waals surface area (Å²) >= 11 is 6.09. The molecule has 5 nitrogen and oxygen atoms in total. The lowest BCUT2D eigenvalue weighted by Gasteiger charge is -2.42. The van der Waals surface area contributed by atoms with Crippen LogP contribution in [0.3, 0.4) is 0 Å². The molecular weight excluding hydrogens is 506 g/mol. The summed E-state index contributed by atoms with van der Waals surface area (Å²) in [5.74, 6) is -1.79. The van der Waals surface area contributed by atoms with Gasteiger partial charge in [0.1, 0.15) is 11.6 Å². The number of carbonyl (C=O) groups excluding carboxylic acids is 1. The highest BCUT2D eigenvalue weighted by molar-refractivity contribution is 8.00. The second-order valence-corrected chi connectivity index (χ2v) is 11.4. The topological polar surface area (TPSA) is 57.7 Å². The summed E-state index contributed by atoms with van der Waals surface area (Å²) in [7, 11) is -0.389. The number of carbonyl (C=O) groups is 1. The first-order chi connectivity index (χ1) is 16.9. The van der Waals surface area contributed by atoms with E-state index in [9.17, 15) is 22.0 Å². The van der Waals surface area contributed by atoms with Gasteiger partial charge in [0.05, 0.1) is 10.9 Å². The van der Waals surface area contributed by atoms with Crippen LogP contribution in [0.2, 0.25) is 5.02 Å². The zero-order valence-electron chi connectivity index (χ0n) is 20.0. The van der Waals surface area contributed by atoms with Crippen LogP contribution in [-0.2, 0) is 9.84 Å². The van der Waals surface area contributed by atoms with Crippen LogP contribution in [0, 0.1) is 11.6 Å². The summed E-state index contributed by atoms with van der Waals surface area (Å²) in [6.45, 7) is 0.568. The van der Waals surface area contributed by atoms with E-state index >= 15 is 0 Å². The van der Waals surface area contributed by atoms with Crippen LogP contribution in [0.15, 0.2) is 72.3 Å². The Hall–Kier alpha value is -3.07. The minimum absolute atomic E-state index is 0.000700. The molecule has 36 heavy (non-hydrogen) atoms. The third-order valence-corrected chi connectivity index (χ3v) is 7.55. The summed E-state index contributed by atoms with van der Waals surface area (Å²) in [4.78, 5) is 15.8. The van der Waals surface area contributed by atoms with Gasteiger partial charge in [0.25, 0.3) is 5.91 Å². The Bertz CT molecular complexity index is 1410. The van der Waals surface area contributed by atoms with Gasteiger partial charge in [-0.2, -0.15) is 0 Å². The molecule has 4 rings (SSSR count). The quantitative estimate of drug-likeness (QED) is 0.440. The molecule has 1 amide bonds. The van der Waals surface area contributed by atoms with Gasteiger partial charge in [0.15, 0.2) is 9.84 Å². The maximum atomic E-state index is 13.9. The molecular formula is C27H25ClF2N2O3S. The first-order valence-electron chi connectivity index (χ1n) is 11.1. The lowest BCUT2D eigenvalue weighted by Crippen LogP contribution is -2.44. The fourth-order valence-electron chi connectivity index (χ4n) is 4.46. The van der Waals surface area contributed by atoms with Crippen LogP contribution in [0.4, 0.5) is 8.78 Å². The number of benzene rings is 3. The van der Waals surface area contributed by atoms with Crippen molar-refractivity contribution in [1.29, 1.82) is 0 Å². The third-order valence-electron chi connectivity index (χ3n) is 6.03. The molecule has 1 saturated heterocycles. The van der Waals surface area contributed by atoms with Crippen LogP contribution in [0.5, 0.6) is 0 Å². The molecule has 3 aromatic rings. The van der Waals surface area contributed by atoms with E-state index < -0.39 is 21.5 Å². The molecule has 0 unspecified atom stereocenters. The Morgan fingerprint density at radius 3 is 1.86 bits per heavy atom. The average Bonchev–Trinajstić information content (AvgIpc) is 2.77. The van der Waals surface area contributed by atoms with Gasteiger partial charge in [-0.1, -0.05) is 35.9 Å². The van der Waals surface area contributed by atoms with E-state index in [0.717, 1.165) is 29.5 Å². The molecule has 0 aliphatic carbocycles. The van der Waals surface area contributed by atoms with Crippen molar-refractivity contribution in [3.8, 4) is 0 Å². The smallest absolute Gasteiger partial charge is 0.253 e. The zero-order chi connectivity index (χ0) is 26.2. The number of nitrogens with zero attached hydrogens (tertiary/aromatic N) is 2. The van der Waals surface area contributed by atoms with Crippen molar-refractivity contribution in [2.45, 2.75) is 6.04 Å². The molecule has 0 spiro atoms. The lowest BCUT2D eigenvalue weighted by atomic mass is 9.91. The van der Waals surface area contributed by atoms with Crippen LogP contribution >= 0.6 is 11.6 Å². The fraction of sp³-hybridized carbons (Fsp3) is 0.222. The molecule has 1 aliphatic rings. The fourth-order valence-corrected chi connectivity index (χ4v) is 5.79. The van der Waals surface area contributed by atoms with Crippen molar-refractivity contribution in [1.82, 2.24) is 9.80 Å². The number of likely N-dealkylation sites (tertiary alicyclic amines) is 1. The van der Waals surface area contributed by atoms with Gasteiger partial charge >= 0.3 is 0 Å². The number of hydrogen-bond acceptors (Lipinski definition) is 4. The number of amides is 1. The highest BCUT2D eigenvalue weighted by atomic mass is 35.5. The average molecular weight is 531 g/mol. The van der Waals surface area contributed by atoms with E-state index in [2.05, 4.69) is 4.90 Å². The number of sulfone groups is 1. The number of halogens is 3. The Balaban J connectivity index is 1.72. The largest absolute Gasteiger partial charge is 0.345 e. The van der Waals surface area contributed by atoms with Crippen molar-refractivity contribution in [3.05, 3.63) is 111 Å². The lowest BCUT2D eigenvalue weighted by molar-refractivity contribution is 0.0827. The van der Waals surface area contributed by atoms with Crippen molar-refractivity contribution < 1.29 is 22.0 Å². The van der Waals surface area contributed by atoms with Gasteiger partial charge in [-0.3, -0.25) is 9.69 Å². The van der Waals surface area contributed by atoms with E-state index in [0.29, 0.717) is 22.2 Å². The van der Waals surface area contributed by atoms with Crippen molar-refractivity contribution in [3.63, 3.8) is 0 Å². The third kappa shape index (κ3) is 5.51. The van der Waals surface area contributed by atoms with Crippen LogP contribution in [-0.4, -0.2) is 57.6 Å². The predicted octanol–water partition coefficient (Wildman–Crippen LogP) is 5.18.